The number of hydrogen-bond donors (Lipinski definition) is 2. The van der Waals surface area contributed by atoms with E-state index in [1.807, 2.05) is 24.0 Å². The number of hydrogen-bond acceptors (Lipinski definition) is 3. The van der Waals surface area contributed by atoms with Crippen molar-refractivity contribution in [3.63, 3.8) is 0 Å². The topological polar surface area (TPSA) is 50.1 Å². The maximum atomic E-state index is 9.37. The lowest BCUT2D eigenvalue weighted by atomic mass is 9.93. The first kappa shape index (κ1) is 10.6. The Morgan fingerprint density at radius 1 is 1.47 bits per heavy atom. The van der Waals surface area contributed by atoms with Crippen LogP contribution < -0.4 is 5.32 Å². The quantitative estimate of drug-likeness (QED) is 0.774. The Morgan fingerprint density at radius 3 is 2.80 bits per heavy atom. The lowest BCUT2D eigenvalue weighted by Crippen LogP contribution is -2.34. The number of aliphatic hydroxyl groups excluding tert-OH is 1. The standard InChI is InChI=1S/C11H19N3O/c1-14-7-6-10(13-14)8-12-9-2-4-11(15)5-3-9/h6-7,9,11-12,15H,2-5,8H2,1H3. The van der Waals surface area contributed by atoms with Gasteiger partial charge in [0.1, 0.15) is 0 Å². The van der Waals surface area contributed by atoms with E-state index in [1.54, 1.807) is 0 Å². The molecule has 1 aromatic heterocycles. The van der Waals surface area contributed by atoms with Crippen molar-refractivity contribution in [2.24, 2.45) is 7.05 Å². The SMILES string of the molecule is Cn1ccc(CNC2CCC(O)CC2)n1. The minimum Gasteiger partial charge on any atom is -0.393 e. The van der Waals surface area contributed by atoms with Crippen LogP contribution >= 0.6 is 0 Å². The molecule has 0 radical (unpaired) electrons. The van der Waals surface area contributed by atoms with Crippen LogP contribution in [0.5, 0.6) is 0 Å². The Morgan fingerprint density at radius 2 is 2.20 bits per heavy atom. The van der Waals surface area contributed by atoms with Crippen LogP contribution in [0.1, 0.15) is 31.4 Å². The highest BCUT2D eigenvalue weighted by atomic mass is 16.3. The predicted molar refractivity (Wildman–Crippen MR) is 58.3 cm³/mol. The molecule has 0 aliphatic heterocycles. The predicted octanol–water partition coefficient (Wildman–Crippen LogP) is 0.813. The number of nitrogens with one attached hydrogen (secondary N) is 1. The van der Waals surface area contributed by atoms with E-state index in [9.17, 15) is 5.11 Å². The second kappa shape index (κ2) is 4.77. The molecule has 1 aliphatic carbocycles. The second-order valence-electron chi connectivity index (χ2n) is 4.37. The molecular weight excluding hydrogens is 190 g/mol. The van der Waals surface area contributed by atoms with E-state index in [4.69, 9.17) is 0 Å². The lowest BCUT2D eigenvalue weighted by Gasteiger charge is -2.25. The minimum absolute atomic E-state index is 0.0714. The van der Waals surface area contributed by atoms with Gasteiger partial charge >= 0.3 is 0 Å². The molecule has 2 rings (SSSR count). The van der Waals surface area contributed by atoms with E-state index < -0.39 is 0 Å². The maximum Gasteiger partial charge on any atom is 0.0762 e. The van der Waals surface area contributed by atoms with Crippen LogP contribution in [0.25, 0.3) is 0 Å². The van der Waals surface area contributed by atoms with E-state index in [0.29, 0.717) is 6.04 Å². The van der Waals surface area contributed by atoms with Crippen LogP contribution in [0, 0.1) is 0 Å². The molecular formula is C11H19N3O. The Bertz CT molecular complexity index is 303. The van der Waals surface area contributed by atoms with Gasteiger partial charge in [0.15, 0.2) is 0 Å². The zero-order chi connectivity index (χ0) is 10.7. The molecule has 1 aliphatic rings. The number of aryl methyl sites for hydroxylation is 1. The Balaban J connectivity index is 1.74. The third-order valence-corrected chi connectivity index (χ3v) is 3.04. The zero-order valence-electron chi connectivity index (χ0n) is 9.19. The van der Waals surface area contributed by atoms with Crippen molar-refractivity contribution in [1.82, 2.24) is 15.1 Å². The largest absolute Gasteiger partial charge is 0.393 e. The molecule has 2 N–H and O–H groups in total. The van der Waals surface area contributed by atoms with Gasteiger partial charge in [0.05, 0.1) is 11.8 Å². The summed E-state index contributed by atoms with van der Waals surface area (Å²) in [5.74, 6) is 0. The van der Waals surface area contributed by atoms with Crippen molar-refractivity contribution in [3.8, 4) is 0 Å². The van der Waals surface area contributed by atoms with Gasteiger partial charge in [-0.15, -0.1) is 0 Å². The number of nitrogens with zero attached hydrogens (tertiary/aromatic N) is 2. The van der Waals surface area contributed by atoms with E-state index in [1.165, 1.54) is 0 Å². The third kappa shape index (κ3) is 3.04. The number of aromatic nitrogens is 2. The van der Waals surface area contributed by atoms with Gasteiger partial charge in [0.2, 0.25) is 0 Å². The van der Waals surface area contributed by atoms with Crippen LogP contribution in [-0.2, 0) is 13.6 Å². The fraction of sp³-hybridized carbons (Fsp3) is 0.727. The summed E-state index contributed by atoms with van der Waals surface area (Å²) in [5, 5.41) is 17.2. The molecule has 4 heteroatoms. The summed E-state index contributed by atoms with van der Waals surface area (Å²) in [6, 6.07) is 2.58. The van der Waals surface area contributed by atoms with Gasteiger partial charge in [-0.05, 0) is 31.7 Å². The van der Waals surface area contributed by atoms with Gasteiger partial charge in [-0.25, -0.2) is 0 Å². The maximum absolute atomic E-state index is 9.37. The summed E-state index contributed by atoms with van der Waals surface area (Å²) in [7, 11) is 1.93. The number of rotatable bonds is 3. The van der Waals surface area contributed by atoms with Crippen molar-refractivity contribution in [2.45, 2.75) is 44.4 Å². The summed E-state index contributed by atoms with van der Waals surface area (Å²) in [6.45, 7) is 0.835. The van der Waals surface area contributed by atoms with Gasteiger partial charge in [-0.3, -0.25) is 4.68 Å². The average Bonchev–Trinajstić information content (AvgIpc) is 2.64. The molecule has 15 heavy (non-hydrogen) atoms. The molecule has 1 heterocycles. The van der Waals surface area contributed by atoms with Crippen LogP contribution in [0.4, 0.5) is 0 Å². The molecule has 0 spiro atoms. The van der Waals surface area contributed by atoms with Crippen LogP contribution in [0.15, 0.2) is 12.3 Å². The number of aliphatic hydroxyl groups is 1. The van der Waals surface area contributed by atoms with Crippen molar-refractivity contribution in [3.05, 3.63) is 18.0 Å². The Labute approximate surface area is 90.3 Å². The van der Waals surface area contributed by atoms with Crippen molar-refractivity contribution < 1.29 is 5.11 Å². The van der Waals surface area contributed by atoms with Crippen LogP contribution in [-0.4, -0.2) is 27.0 Å². The molecule has 1 saturated carbocycles. The minimum atomic E-state index is -0.0714. The monoisotopic (exact) mass is 209 g/mol. The summed E-state index contributed by atoms with van der Waals surface area (Å²) in [5.41, 5.74) is 1.09. The summed E-state index contributed by atoms with van der Waals surface area (Å²) in [4.78, 5) is 0. The van der Waals surface area contributed by atoms with Gasteiger partial charge in [-0.2, -0.15) is 5.10 Å². The van der Waals surface area contributed by atoms with Gasteiger partial charge in [0, 0.05) is 25.8 Å². The first-order valence-corrected chi connectivity index (χ1v) is 5.64. The van der Waals surface area contributed by atoms with Crippen molar-refractivity contribution in [1.29, 1.82) is 0 Å². The Hall–Kier alpha value is -0.870. The van der Waals surface area contributed by atoms with Crippen molar-refractivity contribution in [2.75, 3.05) is 0 Å². The Kier molecular flexibility index (Phi) is 3.38. The lowest BCUT2D eigenvalue weighted by molar-refractivity contribution is 0.116. The molecule has 0 bridgehead atoms. The van der Waals surface area contributed by atoms with Gasteiger partial charge in [0.25, 0.3) is 0 Å². The van der Waals surface area contributed by atoms with Gasteiger partial charge in [-0.1, -0.05) is 0 Å². The molecule has 4 nitrogen and oxygen atoms in total. The molecule has 1 fully saturated rings. The molecule has 1 aromatic rings. The smallest absolute Gasteiger partial charge is 0.0762 e. The van der Waals surface area contributed by atoms with Crippen molar-refractivity contribution >= 4 is 0 Å². The fourth-order valence-electron chi connectivity index (χ4n) is 2.09. The zero-order valence-corrected chi connectivity index (χ0v) is 9.19. The molecule has 84 valence electrons. The van der Waals surface area contributed by atoms with E-state index in [0.717, 1.165) is 37.9 Å². The molecule has 0 saturated heterocycles. The summed E-state index contributed by atoms with van der Waals surface area (Å²) >= 11 is 0. The van der Waals surface area contributed by atoms with Gasteiger partial charge < -0.3 is 10.4 Å². The highest BCUT2D eigenvalue weighted by Gasteiger charge is 2.18. The third-order valence-electron chi connectivity index (χ3n) is 3.04. The first-order valence-electron chi connectivity index (χ1n) is 5.64. The summed E-state index contributed by atoms with van der Waals surface area (Å²) in [6.07, 6.45) is 5.90. The fourth-order valence-corrected chi connectivity index (χ4v) is 2.09. The van der Waals surface area contributed by atoms with E-state index >= 15 is 0 Å². The normalized spacial score (nSPS) is 26.8. The summed E-state index contributed by atoms with van der Waals surface area (Å²) < 4.78 is 1.82. The average molecular weight is 209 g/mol. The molecule has 0 unspecified atom stereocenters. The first-order chi connectivity index (χ1) is 7.24. The van der Waals surface area contributed by atoms with E-state index in [2.05, 4.69) is 10.4 Å². The molecule has 0 amide bonds. The second-order valence-corrected chi connectivity index (χ2v) is 4.37. The van der Waals surface area contributed by atoms with Crippen LogP contribution in [0.2, 0.25) is 0 Å². The highest BCUT2D eigenvalue weighted by Crippen LogP contribution is 2.18. The molecule has 0 atom stereocenters. The molecule has 0 aromatic carbocycles. The highest BCUT2D eigenvalue weighted by molar-refractivity contribution is 4.98. The van der Waals surface area contributed by atoms with Crippen LogP contribution in [0.3, 0.4) is 0 Å². The van der Waals surface area contributed by atoms with E-state index in [-0.39, 0.29) is 6.10 Å².